The highest BCUT2D eigenvalue weighted by Crippen LogP contribution is 2.36. The third-order valence-electron chi connectivity index (χ3n) is 4.02. The maximum atomic E-state index is 13.6. The van der Waals surface area contributed by atoms with Gasteiger partial charge in [0, 0.05) is 16.1 Å². The van der Waals surface area contributed by atoms with E-state index in [9.17, 15) is 18.4 Å². The first-order valence-electron chi connectivity index (χ1n) is 8.52. The summed E-state index contributed by atoms with van der Waals surface area (Å²) in [6, 6.07) is 19.2. The molecule has 0 fully saturated rings. The van der Waals surface area contributed by atoms with Crippen molar-refractivity contribution in [1.29, 1.82) is 0 Å². The summed E-state index contributed by atoms with van der Waals surface area (Å²) in [5, 5.41) is 2.11. The second-order valence-corrected chi connectivity index (χ2v) is 7.29. The molecular weight excluding hydrogens is 380 g/mol. The second kappa shape index (κ2) is 8.80. The van der Waals surface area contributed by atoms with Crippen LogP contribution in [0.1, 0.15) is 28.1 Å². The number of hydrogen-bond donors (Lipinski definition) is 1. The molecule has 1 atom stereocenters. The summed E-state index contributed by atoms with van der Waals surface area (Å²) in [4.78, 5) is 25.0. The maximum absolute atomic E-state index is 13.6. The predicted molar refractivity (Wildman–Crippen MR) is 106 cm³/mol. The van der Waals surface area contributed by atoms with Crippen LogP contribution in [0.5, 0.6) is 0 Å². The molecule has 0 unspecified atom stereocenters. The fourth-order valence-corrected chi connectivity index (χ4v) is 3.66. The summed E-state index contributed by atoms with van der Waals surface area (Å²) in [7, 11) is 0. The minimum atomic E-state index is -0.966. The lowest BCUT2D eigenvalue weighted by Crippen LogP contribution is -2.19. The van der Waals surface area contributed by atoms with Gasteiger partial charge in [-0.05, 0) is 42.8 Å². The zero-order chi connectivity index (χ0) is 20.1. The molecule has 0 heterocycles. The summed E-state index contributed by atoms with van der Waals surface area (Å²) in [5.41, 5.74) is 1.70. The van der Waals surface area contributed by atoms with Gasteiger partial charge >= 0.3 is 0 Å². The summed E-state index contributed by atoms with van der Waals surface area (Å²) >= 11 is 1.12. The summed E-state index contributed by atoms with van der Waals surface area (Å²) in [6.07, 6.45) is 0. The number of rotatable bonds is 6. The number of nitrogens with one attached hydrogen (secondary N) is 1. The van der Waals surface area contributed by atoms with Gasteiger partial charge in [0.15, 0.2) is 17.4 Å². The Bertz CT molecular complexity index is 1010. The summed E-state index contributed by atoms with van der Waals surface area (Å²) < 4.78 is 26.8. The van der Waals surface area contributed by atoms with E-state index in [0.717, 1.165) is 29.5 Å². The van der Waals surface area contributed by atoms with Gasteiger partial charge in [-0.1, -0.05) is 42.5 Å². The molecule has 0 saturated carbocycles. The Morgan fingerprint density at radius 1 is 0.893 bits per heavy atom. The number of ketones is 1. The zero-order valence-electron chi connectivity index (χ0n) is 15.0. The largest absolute Gasteiger partial charge is 0.325 e. The van der Waals surface area contributed by atoms with Crippen molar-refractivity contribution in [2.45, 2.75) is 17.1 Å². The van der Waals surface area contributed by atoms with E-state index in [2.05, 4.69) is 5.32 Å². The molecule has 3 rings (SSSR count). The van der Waals surface area contributed by atoms with Gasteiger partial charge in [0.1, 0.15) is 5.25 Å². The minimum Gasteiger partial charge on any atom is -0.325 e. The van der Waals surface area contributed by atoms with Crippen LogP contribution in [-0.4, -0.2) is 11.7 Å². The van der Waals surface area contributed by atoms with Crippen molar-refractivity contribution in [3.63, 3.8) is 0 Å². The highest BCUT2D eigenvalue weighted by Gasteiger charge is 2.23. The fourth-order valence-electron chi connectivity index (χ4n) is 2.61. The molecule has 28 heavy (non-hydrogen) atoms. The van der Waals surface area contributed by atoms with Crippen molar-refractivity contribution in [2.75, 3.05) is 5.32 Å². The van der Waals surface area contributed by atoms with E-state index < -0.39 is 16.9 Å². The number of hydrogen-bond acceptors (Lipinski definition) is 3. The van der Waals surface area contributed by atoms with Crippen LogP contribution in [0.15, 0.2) is 77.7 Å². The summed E-state index contributed by atoms with van der Waals surface area (Å²) in [6.45, 7) is 1.45. The van der Waals surface area contributed by atoms with E-state index in [1.165, 1.54) is 13.0 Å². The van der Waals surface area contributed by atoms with Crippen molar-refractivity contribution in [3.8, 4) is 0 Å². The van der Waals surface area contributed by atoms with Gasteiger partial charge in [-0.25, -0.2) is 8.78 Å². The Balaban J connectivity index is 1.88. The number of carbonyl (C=O) groups excluding carboxylic acids is 2. The number of halogens is 2. The molecule has 0 aliphatic heterocycles. The molecule has 0 aromatic heterocycles. The van der Waals surface area contributed by atoms with Gasteiger partial charge in [-0.3, -0.25) is 9.59 Å². The monoisotopic (exact) mass is 397 g/mol. The van der Waals surface area contributed by atoms with E-state index in [-0.39, 0.29) is 11.7 Å². The number of amides is 1. The van der Waals surface area contributed by atoms with Crippen LogP contribution in [0.3, 0.4) is 0 Å². The topological polar surface area (TPSA) is 46.2 Å². The molecule has 1 amide bonds. The second-order valence-electron chi connectivity index (χ2n) is 6.11. The van der Waals surface area contributed by atoms with E-state index >= 15 is 0 Å². The molecule has 3 aromatic carbocycles. The quantitative estimate of drug-likeness (QED) is 0.433. The number of benzene rings is 3. The van der Waals surface area contributed by atoms with Gasteiger partial charge in [0.05, 0.1) is 0 Å². The molecule has 6 heteroatoms. The van der Waals surface area contributed by atoms with Crippen LogP contribution in [0.4, 0.5) is 14.5 Å². The first kappa shape index (κ1) is 19.8. The predicted octanol–water partition coefficient (Wildman–Crippen LogP) is 5.64. The first-order valence-corrected chi connectivity index (χ1v) is 9.40. The van der Waals surface area contributed by atoms with Crippen LogP contribution < -0.4 is 5.32 Å². The lowest BCUT2D eigenvalue weighted by Gasteiger charge is -2.17. The molecule has 0 saturated heterocycles. The average Bonchev–Trinajstić information content (AvgIpc) is 2.69. The zero-order valence-corrected chi connectivity index (χ0v) is 15.8. The molecule has 142 valence electrons. The van der Waals surface area contributed by atoms with E-state index in [1.807, 2.05) is 6.07 Å². The van der Waals surface area contributed by atoms with E-state index in [0.29, 0.717) is 16.1 Å². The number of anilines is 1. The van der Waals surface area contributed by atoms with Crippen LogP contribution in [-0.2, 0) is 4.79 Å². The number of Topliss-reactive ketones (excluding diaryl/α,β-unsaturated/α-hetero) is 1. The molecule has 0 aliphatic rings. The maximum Gasteiger partial charge on any atom is 0.242 e. The highest BCUT2D eigenvalue weighted by atomic mass is 32.2. The van der Waals surface area contributed by atoms with Crippen molar-refractivity contribution in [1.82, 2.24) is 0 Å². The molecule has 0 spiro atoms. The van der Waals surface area contributed by atoms with Crippen LogP contribution in [0.2, 0.25) is 0 Å². The van der Waals surface area contributed by atoms with E-state index in [1.54, 1.807) is 48.5 Å². The standard InChI is InChI=1S/C22H17F2NO2S/c1-14(26)16-8-5-9-17(12-16)25-22(27)21(15-6-3-2-4-7-15)28-18-10-11-19(23)20(24)13-18/h2-13,21H,1H3,(H,25,27)/t21-/m1/s1. The van der Waals surface area contributed by atoms with Crippen LogP contribution in [0.25, 0.3) is 0 Å². The molecule has 1 N–H and O–H groups in total. The highest BCUT2D eigenvalue weighted by molar-refractivity contribution is 8.00. The van der Waals surface area contributed by atoms with Crippen molar-refractivity contribution in [2.24, 2.45) is 0 Å². The number of carbonyl (C=O) groups is 2. The van der Waals surface area contributed by atoms with Gasteiger partial charge in [0.2, 0.25) is 5.91 Å². The smallest absolute Gasteiger partial charge is 0.242 e. The fraction of sp³-hybridized carbons (Fsp3) is 0.0909. The lowest BCUT2D eigenvalue weighted by atomic mass is 10.1. The summed E-state index contributed by atoms with van der Waals surface area (Å²) in [5.74, 6) is -2.34. The van der Waals surface area contributed by atoms with Gasteiger partial charge in [0.25, 0.3) is 0 Å². The van der Waals surface area contributed by atoms with E-state index in [4.69, 9.17) is 0 Å². The molecule has 0 bridgehead atoms. The van der Waals surface area contributed by atoms with Crippen molar-refractivity contribution < 1.29 is 18.4 Å². The Morgan fingerprint density at radius 2 is 1.64 bits per heavy atom. The van der Waals surface area contributed by atoms with Crippen molar-refractivity contribution >= 4 is 29.1 Å². The molecule has 3 aromatic rings. The Morgan fingerprint density at radius 3 is 2.32 bits per heavy atom. The molecule has 0 aliphatic carbocycles. The van der Waals surface area contributed by atoms with Gasteiger partial charge in [-0.15, -0.1) is 11.8 Å². The first-order chi connectivity index (χ1) is 13.4. The van der Waals surface area contributed by atoms with Crippen LogP contribution in [0, 0.1) is 11.6 Å². The third kappa shape index (κ3) is 4.84. The van der Waals surface area contributed by atoms with Gasteiger partial charge < -0.3 is 5.32 Å². The lowest BCUT2D eigenvalue weighted by molar-refractivity contribution is -0.115. The SMILES string of the molecule is CC(=O)c1cccc(NC(=O)[C@H](Sc2ccc(F)c(F)c2)c2ccccc2)c1. The Labute approximate surface area is 165 Å². The number of thioether (sulfide) groups is 1. The molecule has 0 radical (unpaired) electrons. The molecule has 3 nitrogen and oxygen atoms in total. The van der Waals surface area contributed by atoms with Crippen LogP contribution >= 0.6 is 11.8 Å². The third-order valence-corrected chi connectivity index (χ3v) is 5.27. The van der Waals surface area contributed by atoms with Gasteiger partial charge in [-0.2, -0.15) is 0 Å². The van der Waals surface area contributed by atoms with Crippen molar-refractivity contribution in [3.05, 3.63) is 95.6 Å². The average molecular weight is 397 g/mol. The minimum absolute atomic E-state index is 0.105. The normalized spacial score (nSPS) is 11.7. The Hall–Kier alpha value is -2.99. The molecular formula is C22H17F2NO2S. The Kier molecular flexibility index (Phi) is 6.21.